The van der Waals surface area contributed by atoms with E-state index in [1.54, 1.807) is 0 Å². The fourth-order valence-electron chi connectivity index (χ4n) is 2.69. The minimum Gasteiger partial charge on any atom is -0.310 e. The van der Waals surface area contributed by atoms with Crippen molar-refractivity contribution in [2.75, 3.05) is 6.54 Å². The van der Waals surface area contributed by atoms with E-state index in [9.17, 15) is 0 Å². The van der Waals surface area contributed by atoms with Crippen molar-refractivity contribution in [1.82, 2.24) is 25.5 Å². The third kappa shape index (κ3) is 3.28. The van der Waals surface area contributed by atoms with Gasteiger partial charge in [0, 0.05) is 0 Å². The van der Waals surface area contributed by atoms with Gasteiger partial charge in [-0.15, -0.1) is 5.10 Å². The number of nitrogens with zero attached hydrogens (tertiary/aromatic N) is 4. The number of nitrogens with one attached hydrogen (secondary N) is 1. The van der Waals surface area contributed by atoms with Crippen LogP contribution in [0.4, 0.5) is 0 Å². The monoisotopic (exact) mass is 251 g/mol. The van der Waals surface area contributed by atoms with E-state index in [1.165, 1.54) is 19.3 Å². The van der Waals surface area contributed by atoms with Gasteiger partial charge in [-0.3, -0.25) is 0 Å². The zero-order chi connectivity index (χ0) is 13.2. The lowest BCUT2D eigenvalue weighted by Gasteiger charge is -2.17. The van der Waals surface area contributed by atoms with Crippen molar-refractivity contribution in [2.24, 2.45) is 11.3 Å². The summed E-state index contributed by atoms with van der Waals surface area (Å²) in [5.41, 5.74) is 0.430. The Labute approximate surface area is 109 Å². The van der Waals surface area contributed by atoms with Gasteiger partial charge < -0.3 is 5.32 Å². The zero-order valence-electron chi connectivity index (χ0n) is 12.0. The normalized spacial score (nSPS) is 22.8. The van der Waals surface area contributed by atoms with E-state index in [4.69, 9.17) is 0 Å². The molecule has 1 fully saturated rings. The SMILES string of the molecule is CC(C)CNCc1nnnn1C1CCC(C)(C)C1. The molecule has 0 bridgehead atoms. The Morgan fingerprint density at radius 1 is 1.44 bits per heavy atom. The van der Waals surface area contributed by atoms with Crippen LogP contribution in [0.5, 0.6) is 0 Å². The molecule has 1 aromatic rings. The number of tetrazole rings is 1. The molecular formula is C13H25N5. The quantitative estimate of drug-likeness (QED) is 0.871. The van der Waals surface area contributed by atoms with Gasteiger partial charge >= 0.3 is 0 Å². The van der Waals surface area contributed by atoms with Gasteiger partial charge in [-0.25, -0.2) is 4.68 Å². The first-order valence-electron chi connectivity index (χ1n) is 6.95. The van der Waals surface area contributed by atoms with Crippen LogP contribution >= 0.6 is 0 Å². The van der Waals surface area contributed by atoms with E-state index < -0.39 is 0 Å². The molecule has 5 nitrogen and oxygen atoms in total. The fraction of sp³-hybridized carbons (Fsp3) is 0.923. The standard InChI is InChI=1S/C13H25N5/c1-10(2)8-14-9-12-15-16-17-18(12)11-5-6-13(3,4)7-11/h10-11,14H,5-9H2,1-4H3. The molecule has 1 saturated carbocycles. The second-order valence-electron chi connectivity index (χ2n) is 6.63. The molecule has 1 unspecified atom stereocenters. The van der Waals surface area contributed by atoms with Crippen molar-refractivity contribution in [3.63, 3.8) is 0 Å². The fourth-order valence-corrected chi connectivity index (χ4v) is 2.69. The summed E-state index contributed by atoms with van der Waals surface area (Å²) in [5.74, 6) is 1.62. The van der Waals surface area contributed by atoms with Gasteiger partial charge in [0.25, 0.3) is 0 Å². The first kappa shape index (κ1) is 13.5. The van der Waals surface area contributed by atoms with Gasteiger partial charge in [0.2, 0.25) is 0 Å². The third-order valence-corrected chi connectivity index (χ3v) is 3.69. The number of aromatic nitrogens is 4. The van der Waals surface area contributed by atoms with Crippen LogP contribution in [0, 0.1) is 11.3 Å². The summed E-state index contributed by atoms with van der Waals surface area (Å²) in [6.45, 7) is 10.8. The van der Waals surface area contributed by atoms with Crippen molar-refractivity contribution >= 4 is 0 Å². The second kappa shape index (κ2) is 5.34. The number of rotatable bonds is 5. The number of hydrogen-bond acceptors (Lipinski definition) is 4. The first-order chi connectivity index (χ1) is 8.48. The Balaban J connectivity index is 1.96. The molecule has 1 aliphatic rings. The molecule has 0 aromatic carbocycles. The van der Waals surface area contributed by atoms with Crippen LogP contribution < -0.4 is 5.32 Å². The van der Waals surface area contributed by atoms with Crippen LogP contribution in [0.1, 0.15) is 58.8 Å². The van der Waals surface area contributed by atoms with Crippen molar-refractivity contribution in [3.05, 3.63) is 5.82 Å². The molecule has 0 amide bonds. The lowest BCUT2D eigenvalue weighted by molar-refractivity contribution is 0.342. The molecule has 0 saturated heterocycles. The number of hydrogen-bond donors (Lipinski definition) is 1. The highest BCUT2D eigenvalue weighted by Gasteiger charge is 2.33. The van der Waals surface area contributed by atoms with Crippen LogP contribution in [-0.2, 0) is 6.54 Å². The molecule has 2 rings (SSSR count). The van der Waals surface area contributed by atoms with Crippen LogP contribution in [0.2, 0.25) is 0 Å². The highest BCUT2D eigenvalue weighted by atomic mass is 15.6. The molecule has 102 valence electrons. The Bertz CT molecular complexity index is 382. The van der Waals surface area contributed by atoms with Crippen molar-refractivity contribution in [3.8, 4) is 0 Å². The van der Waals surface area contributed by atoms with Gasteiger partial charge in [-0.2, -0.15) is 0 Å². The molecule has 1 aliphatic carbocycles. The summed E-state index contributed by atoms with van der Waals surface area (Å²) in [4.78, 5) is 0. The average Bonchev–Trinajstić information content (AvgIpc) is 2.84. The molecule has 5 heteroatoms. The van der Waals surface area contributed by atoms with Crippen molar-refractivity contribution < 1.29 is 0 Å². The summed E-state index contributed by atoms with van der Waals surface area (Å²) in [6.07, 6.45) is 3.63. The van der Waals surface area contributed by atoms with Gasteiger partial charge in [-0.1, -0.05) is 27.7 Å². The molecule has 18 heavy (non-hydrogen) atoms. The lowest BCUT2D eigenvalue weighted by atomic mass is 9.92. The third-order valence-electron chi connectivity index (χ3n) is 3.69. The minimum atomic E-state index is 0.430. The van der Waals surface area contributed by atoms with Crippen molar-refractivity contribution in [2.45, 2.75) is 59.5 Å². The molecular weight excluding hydrogens is 226 g/mol. The largest absolute Gasteiger partial charge is 0.310 e. The maximum Gasteiger partial charge on any atom is 0.165 e. The zero-order valence-corrected chi connectivity index (χ0v) is 12.0. The highest BCUT2D eigenvalue weighted by Crippen LogP contribution is 2.43. The van der Waals surface area contributed by atoms with Gasteiger partial charge in [-0.05, 0) is 47.6 Å². The van der Waals surface area contributed by atoms with Crippen LogP contribution in [0.25, 0.3) is 0 Å². The molecule has 1 N–H and O–H groups in total. The van der Waals surface area contributed by atoms with Crippen molar-refractivity contribution in [1.29, 1.82) is 0 Å². The predicted molar refractivity (Wildman–Crippen MR) is 71.0 cm³/mol. The molecule has 1 aromatic heterocycles. The summed E-state index contributed by atoms with van der Waals surface area (Å²) >= 11 is 0. The summed E-state index contributed by atoms with van der Waals surface area (Å²) in [6, 6.07) is 0.478. The molecule has 1 heterocycles. The smallest absolute Gasteiger partial charge is 0.165 e. The first-order valence-corrected chi connectivity index (χ1v) is 6.95. The Morgan fingerprint density at radius 3 is 2.83 bits per heavy atom. The van der Waals surface area contributed by atoms with E-state index in [0.717, 1.165) is 18.9 Å². The van der Waals surface area contributed by atoms with E-state index in [1.807, 2.05) is 4.68 Å². The van der Waals surface area contributed by atoms with E-state index in [-0.39, 0.29) is 0 Å². The van der Waals surface area contributed by atoms with Gasteiger partial charge in [0.15, 0.2) is 5.82 Å². The summed E-state index contributed by atoms with van der Waals surface area (Å²) in [5, 5.41) is 15.6. The predicted octanol–water partition coefficient (Wildman–Crippen LogP) is 2.17. The van der Waals surface area contributed by atoms with E-state index in [2.05, 4.69) is 48.5 Å². The molecule has 0 spiro atoms. The Morgan fingerprint density at radius 2 is 2.22 bits per heavy atom. The summed E-state index contributed by atoms with van der Waals surface area (Å²) in [7, 11) is 0. The van der Waals surface area contributed by atoms with Gasteiger partial charge in [0.05, 0.1) is 12.6 Å². The minimum absolute atomic E-state index is 0.430. The maximum atomic E-state index is 4.18. The van der Waals surface area contributed by atoms with Crippen LogP contribution in [0.3, 0.4) is 0 Å². The Hall–Kier alpha value is -0.970. The lowest BCUT2D eigenvalue weighted by Crippen LogP contribution is -2.23. The van der Waals surface area contributed by atoms with Crippen LogP contribution in [0.15, 0.2) is 0 Å². The Kier molecular flexibility index (Phi) is 4.00. The van der Waals surface area contributed by atoms with Crippen LogP contribution in [-0.4, -0.2) is 26.8 Å². The van der Waals surface area contributed by atoms with E-state index >= 15 is 0 Å². The topological polar surface area (TPSA) is 55.6 Å². The molecule has 0 radical (unpaired) electrons. The maximum absolute atomic E-state index is 4.18. The summed E-state index contributed by atoms with van der Waals surface area (Å²) < 4.78 is 2.03. The highest BCUT2D eigenvalue weighted by molar-refractivity contribution is 4.90. The van der Waals surface area contributed by atoms with Gasteiger partial charge in [0.1, 0.15) is 0 Å². The molecule has 1 atom stereocenters. The average molecular weight is 251 g/mol. The second-order valence-corrected chi connectivity index (χ2v) is 6.63. The van der Waals surface area contributed by atoms with E-state index in [0.29, 0.717) is 17.4 Å². The molecule has 0 aliphatic heterocycles.